The molecule has 0 radical (unpaired) electrons. The van der Waals surface area contributed by atoms with E-state index >= 15 is 0 Å². The minimum absolute atomic E-state index is 0.0149. The van der Waals surface area contributed by atoms with Crippen LogP contribution in [0.3, 0.4) is 0 Å². The predicted octanol–water partition coefficient (Wildman–Crippen LogP) is 3.03. The molecule has 0 aromatic carbocycles. The molecule has 88 valence electrons. The molecule has 2 rings (SSSR count). The number of hydrogen-bond donors (Lipinski definition) is 0. The van der Waals surface area contributed by atoms with Gasteiger partial charge >= 0.3 is 0 Å². The molecule has 0 spiro atoms. The van der Waals surface area contributed by atoms with Crippen LogP contribution in [0, 0.1) is 0 Å². The highest BCUT2D eigenvalue weighted by atomic mass is 35.5. The van der Waals surface area contributed by atoms with Crippen LogP contribution in [-0.4, -0.2) is 23.1 Å². The van der Waals surface area contributed by atoms with Crippen molar-refractivity contribution >= 4 is 17.4 Å². The Bertz CT molecular complexity index is 378. The Balaban J connectivity index is 2.35. The third-order valence-electron chi connectivity index (χ3n) is 2.88. The molecule has 3 nitrogen and oxygen atoms in total. The molecule has 1 aromatic heterocycles. The van der Waals surface area contributed by atoms with Crippen molar-refractivity contribution in [3.8, 4) is 0 Å². The van der Waals surface area contributed by atoms with Crippen LogP contribution in [0.15, 0.2) is 6.07 Å². The number of halogens is 1. The van der Waals surface area contributed by atoms with Crippen molar-refractivity contribution in [2.24, 2.45) is 0 Å². The smallest absolute Gasteiger partial charge is 0.224 e. The molecule has 0 saturated carbocycles. The van der Waals surface area contributed by atoms with E-state index in [-0.39, 0.29) is 5.41 Å². The van der Waals surface area contributed by atoms with Crippen molar-refractivity contribution in [2.75, 3.05) is 18.0 Å². The number of nitrogens with zero attached hydrogens (tertiary/aromatic N) is 3. The van der Waals surface area contributed by atoms with Gasteiger partial charge in [-0.2, -0.15) is 0 Å². The van der Waals surface area contributed by atoms with Gasteiger partial charge in [-0.15, -0.1) is 0 Å². The molecule has 4 heteroatoms. The number of anilines is 1. The van der Waals surface area contributed by atoms with Gasteiger partial charge in [0.15, 0.2) is 0 Å². The van der Waals surface area contributed by atoms with Gasteiger partial charge in [0, 0.05) is 24.6 Å². The van der Waals surface area contributed by atoms with Crippen molar-refractivity contribution in [1.29, 1.82) is 0 Å². The van der Waals surface area contributed by atoms with Gasteiger partial charge < -0.3 is 4.90 Å². The highest BCUT2D eigenvalue weighted by Crippen LogP contribution is 2.26. The summed E-state index contributed by atoms with van der Waals surface area (Å²) in [5.41, 5.74) is 1.02. The molecule has 1 aliphatic heterocycles. The maximum absolute atomic E-state index is 5.99. The molecular formula is C12H18ClN3. The summed E-state index contributed by atoms with van der Waals surface area (Å²) < 4.78 is 0. The molecule has 2 heterocycles. The molecular weight excluding hydrogens is 222 g/mol. The summed E-state index contributed by atoms with van der Waals surface area (Å²) in [6.07, 6.45) is 2.49. The van der Waals surface area contributed by atoms with E-state index in [0.29, 0.717) is 5.28 Å². The van der Waals surface area contributed by atoms with Gasteiger partial charge in [0.2, 0.25) is 5.28 Å². The normalized spacial score (nSPS) is 16.9. The Morgan fingerprint density at radius 2 is 1.81 bits per heavy atom. The van der Waals surface area contributed by atoms with Gasteiger partial charge in [-0.3, -0.25) is 0 Å². The van der Waals surface area contributed by atoms with Gasteiger partial charge in [0.1, 0.15) is 5.82 Å². The average Bonchev–Trinajstić information content (AvgIpc) is 2.68. The molecule has 0 atom stereocenters. The topological polar surface area (TPSA) is 29.0 Å². The second-order valence-corrected chi connectivity index (χ2v) is 5.66. The first-order valence-corrected chi connectivity index (χ1v) is 6.14. The quantitative estimate of drug-likeness (QED) is 0.706. The van der Waals surface area contributed by atoms with E-state index in [1.54, 1.807) is 0 Å². The molecule has 1 aromatic rings. The van der Waals surface area contributed by atoms with Crippen LogP contribution in [0.5, 0.6) is 0 Å². The molecule has 0 aliphatic carbocycles. The summed E-state index contributed by atoms with van der Waals surface area (Å²) >= 11 is 5.99. The zero-order valence-corrected chi connectivity index (χ0v) is 10.9. The maximum Gasteiger partial charge on any atom is 0.224 e. The van der Waals surface area contributed by atoms with Gasteiger partial charge in [-0.25, -0.2) is 9.97 Å². The van der Waals surface area contributed by atoms with Crippen LogP contribution < -0.4 is 4.90 Å². The maximum atomic E-state index is 5.99. The van der Waals surface area contributed by atoms with Crippen molar-refractivity contribution < 1.29 is 0 Å². The fourth-order valence-electron chi connectivity index (χ4n) is 1.90. The van der Waals surface area contributed by atoms with E-state index in [4.69, 9.17) is 11.6 Å². The summed E-state index contributed by atoms with van der Waals surface area (Å²) in [7, 11) is 0. The lowest BCUT2D eigenvalue weighted by atomic mass is 9.92. The van der Waals surface area contributed by atoms with Crippen LogP contribution >= 0.6 is 11.6 Å². The van der Waals surface area contributed by atoms with Crippen LogP contribution in [0.1, 0.15) is 39.3 Å². The molecule has 1 aliphatic rings. The standard InChI is InChI=1S/C12H18ClN3/c1-12(2,3)9-8-10(15-11(13)14-9)16-6-4-5-7-16/h8H,4-7H2,1-3H3. The lowest BCUT2D eigenvalue weighted by Gasteiger charge is -2.22. The molecule has 1 fully saturated rings. The van der Waals surface area contributed by atoms with Crippen molar-refractivity contribution in [2.45, 2.75) is 39.0 Å². The molecule has 0 unspecified atom stereocenters. The van der Waals surface area contributed by atoms with Crippen LogP contribution in [0.2, 0.25) is 5.28 Å². The second kappa shape index (κ2) is 4.21. The van der Waals surface area contributed by atoms with Gasteiger partial charge in [-0.1, -0.05) is 20.8 Å². The zero-order chi connectivity index (χ0) is 11.8. The first-order chi connectivity index (χ1) is 7.47. The SMILES string of the molecule is CC(C)(C)c1cc(N2CCCC2)nc(Cl)n1. The third-order valence-corrected chi connectivity index (χ3v) is 3.05. The molecule has 1 saturated heterocycles. The van der Waals surface area contributed by atoms with E-state index in [2.05, 4.69) is 41.7 Å². The molecule has 16 heavy (non-hydrogen) atoms. The molecule has 0 N–H and O–H groups in total. The van der Waals surface area contributed by atoms with Gasteiger partial charge in [0.25, 0.3) is 0 Å². The Morgan fingerprint density at radius 1 is 1.19 bits per heavy atom. The minimum Gasteiger partial charge on any atom is -0.356 e. The average molecular weight is 240 g/mol. The zero-order valence-electron chi connectivity index (χ0n) is 10.1. The Hall–Kier alpha value is -0.830. The monoisotopic (exact) mass is 239 g/mol. The third kappa shape index (κ3) is 2.46. The minimum atomic E-state index is 0.0149. The van der Waals surface area contributed by atoms with E-state index in [1.165, 1.54) is 12.8 Å². The van der Waals surface area contributed by atoms with Gasteiger partial charge in [-0.05, 0) is 24.4 Å². The van der Waals surface area contributed by atoms with E-state index in [9.17, 15) is 0 Å². The molecule has 0 amide bonds. The highest BCUT2D eigenvalue weighted by molar-refractivity contribution is 6.28. The Morgan fingerprint density at radius 3 is 2.38 bits per heavy atom. The summed E-state index contributed by atoms with van der Waals surface area (Å²) in [6, 6.07) is 2.07. The first-order valence-electron chi connectivity index (χ1n) is 5.77. The fraction of sp³-hybridized carbons (Fsp3) is 0.667. The van der Waals surface area contributed by atoms with Gasteiger partial charge in [0.05, 0.1) is 5.69 Å². The Kier molecular flexibility index (Phi) is 3.06. The van der Waals surface area contributed by atoms with Crippen molar-refractivity contribution in [3.05, 3.63) is 17.0 Å². The predicted molar refractivity (Wildman–Crippen MR) is 67.2 cm³/mol. The van der Waals surface area contributed by atoms with Crippen molar-refractivity contribution in [3.63, 3.8) is 0 Å². The lowest BCUT2D eigenvalue weighted by molar-refractivity contribution is 0.566. The van der Waals surface area contributed by atoms with Crippen molar-refractivity contribution in [1.82, 2.24) is 9.97 Å². The largest absolute Gasteiger partial charge is 0.356 e. The summed E-state index contributed by atoms with van der Waals surface area (Å²) in [5.74, 6) is 0.974. The number of aromatic nitrogens is 2. The number of rotatable bonds is 1. The Labute approximate surface area is 102 Å². The summed E-state index contributed by atoms with van der Waals surface area (Å²) in [5, 5.41) is 0.356. The van der Waals surface area contributed by atoms with Crippen LogP contribution in [0.4, 0.5) is 5.82 Å². The highest BCUT2D eigenvalue weighted by Gasteiger charge is 2.20. The van der Waals surface area contributed by atoms with Crippen LogP contribution in [0.25, 0.3) is 0 Å². The fourth-order valence-corrected chi connectivity index (χ4v) is 2.08. The van der Waals surface area contributed by atoms with E-state index in [1.807, 2.05) is 0 Å². The summed E-state index contributed by atoms with van der Waals surface area (Å²) in [6.45, 7) is 8.58. The van der Waals surface area contributed by atoms with E-state index < -0.39 is 0 Å². The van der Waals surface area contributed by atoms with E-state index in [0.717, 1.165) is 24.6 Å². The number of hydrogen-bond acceptors (Lipinski definition) is 3. The first kappa shape index (κ1) is 11.6. The molecule has 0 bridgehead atoms. The van der Waals surface area contributed by atoms with Crippen LogP contribution in [-0.2, 0) is 5.41 Å². The second-order valence-electron chi connectivity index (χ2n) is 5.32. The summed E-state index contributed by atoms with van der Waals surface area (Å²) in [4.78, 5) is 10.9. The lowest BCUT2D eigenvalue weighted by Crippen LogP contribution is -2.21.